The summed E-state index contributed by atoms with van der Waals surface area (Å²) in [5.74, 6) is 0.826. The molecule has 0 aliphatic heterocycles. The molecule has 0 fully saturated rings. The topological polar surface area (TPSA) is 64.6 Å². The third-order valence-electron chi connectivity index (χ3n) is 4.47. The molecule has 0 saturated carbocycles. The smallest absolute Gasteiger partial charge is 0.265 e. The van der Waals surface area contributed by atoms with E-state index in [-0.39, 0.29) is 11.7 Å². The van der Waals surface area contributed by atoms with Crippen molar-refractivity contribution in [2.45, 2.75) is 19.4 Å². The van der Waals surface area contributed by atoms with E-state index < -0.39 is 6.10 Å². The van der Waals surface area contributed by atoms with Gasteiger partial charge in [0.15, 0.2) is 11.9 Å². The van der Waals surface area contributed by atoms with Gasteiger partial charge < -0.3 is 14.8 Å². The molecule has 0 saturated heterocycles. The predicted molar refractivity (Wildman–Crippen MR) is 113 cm³/mol. The van der Waals surface area contributed by atoms with E-state index in [0.29, 0.717) is 34.7 Å². The number of amides is 1. The first-order chi connectivity index (χ1) is 14.1. The Morgan fingerprint density at radius 3 is 2.14 bits per heavy atom. The Hall–Kier alpha value is -3.60. The van der Waals surface area contributed by atoms with Crippen LogP contribution in [0, 0.1) is 0 Å². The molecule has 0 spiro atoms. The third-order valence-corrected chi connectivity index (χ3v) is 4.47. The second-order valence-corrected chi connectivity index (χ2v) is 6.42. The number of hydrogen-bond donors (Lipinski definition) is 1. The van der Waals surface area contributed by atoms with Gasteiger partial charge in [-0.3, -0.25) is 9.59 Å². The van der Waals surface area contributed by atoms with E-state index in [4.69, 9.17) is 9.47 Å². The molecule has 1 atom stereocenters. The second kappa shape index (κ2) is 9.55. The van der Waals surface area contributed by atoms with Crippen LogP contribution in [-0.4, -0.2) is 24.9 Å². The largest absolute Gasteiger partial charge is 0.497 e. The summed E-state index contributed by atoms with van der Waals surface area (Å²) in [4.78, 5) is 25.7. The van der Waals surface area contributed by atoms with Crippen molar-refractivity contribution in [3.05, 3.63) is 90.0 Å². The Balaban J connectivity index is 1.76. The monoisotopic (exact) mass is 389 g/mol. The summed E-state index contributed by atoms with van der Waals surface area (Å²) in [6.07, 6.45) is -0.213. The van der Waals surface area contributed by atoms with Crippen molar-refractivity contribution in [2.75, 3.05) is 12.4 Å². The molecule has 0 aliphatic carbocycles. The van der Waals surface area contributed by atoms with Crippen LogP contribution in [0.5, 0.6) is 11.5 Å². The highest BCUT2D eigenvalue weighted by Gasteiger charge is 2.21. The van der Waals surface area contributed by atoms with Crippen LogP contribution in [-0.2, 0) is 4.79 Å². The zero-order valence-corrected chi connectivity index (χ0v) is 16.4. The number of anilines is 1. The molecular weight excluding hydrogens is 366 g/mol. The highest BCUT2D eigenvalue weighted by atomic mass is 16.5. The van der Waals surface area contributed by atoms with Gasteiger partial charge in [-0.2, -0.15) is 0 Å². The number of nitrogens with one attached hydrogen (secondary N) is 1. The maximum atomic E-state index is 12.8. The zero-order valence-electron chi connectivity index (χ0n) is 16.4. The molecule has 5 nitrogen and oxygen atoms in total. The lowest BCUT2D eigenvalue weighted by atomic mass is 10.0. The number of ether oxygens (including phenoxy) is 2. The van der Waals surface area contributed by atoms with Gasteiger partial charge in [-0.15, -0.1) is 0 Å². The van der Waals surface area contributed by atoms with Crippen LogP contribution in [0.2, 0.25) is 0 Å². The van der Waals surface area contributed by atoms with Crippen molar-refractivity contribution in [2.24, 2.45) is 0 Å². The average Bonchev–Trinajstić information content (AvgIpc) is 2.78. The quantitative estimate of drug-likeness (QED) is 0.566. The lowest BCUT2D eigenvalue weighted by Crippen LogP contribution is -2.32. The molecule has 1 unspecified atom stereocenters. The van der Waals surface area contributed by atoms with E-state index in [1.165, 1.54) is 0 Å². The fourth-order valence-electron chi connectivity index (χ4n) is 2.89. The molecule has 0 bridgehead atoms. The van der Waals surface area contributed by atoms with Gasteiger partial charge in [-0.05, 0) is 42.8 Å². The fraction of sp³-hybridized carbons (Fsp3) is 0.167. The van der Waals surface area contributed by atoms with Crippen molar-refractivity contribution in [3.8, 4) is 11.5 Å². The molecule has 1 amide bonds. The van der Waals surface area contributed by atoms with Crippen molar-refractivity contribution in [1.82, 2.24) is 0 Å². The third kappa shape index (κ3) is 5.02. The van der Waals surface area contributed by atoms with Crippen molar-refractivity contribution < 1.29 is 19.1 Å². The molecule has 0 heterocycles. The summed E-state index contributed by atoms with van der Waals surface area (Å²) in [5, 5.41) is 2.85. The maximum absolute atomic E-state index is 12.8. The van der Waals surface area contributed by atoms with Gasteiger partial charge in [0.25, 0.3) is 5.91 Å². The van der Waals surface area contributed by atoms with Gasteiger partial charge in [-0.1, -0.05) is 49.4 Å². The first-order valence-electron chi connectivity index (χ1n) is 9.42. The summed E-state index contributed by atoms with van der Waals surface area (Å²) in [6.45, 7) is 1.87. The van der Waals surface area contributed by atoms with Crippen LogP contribution in [0.15, 0.2) is 78.9 Å². The molecule has 148 valence electrons. The van der Waals surface area contributed by atoms with Crippen LogP contribution in [0.1, 0.15) is 29.3 Å². The van der Waals surface area contributed by atoms with E-state index in [0.717, 1.165) is 0 Å². The van der Waals surface area contributed by atoms with Crippen molar-refractivity contribution >= 4 is 17.4 Å². The lowest BCUT2D eigenvalue weighted by molar-refractivity contribution is -0.122. The van der Waals surface area contributed by atoms with Gasteiger partial charge in [0.2, 0.25) is 0 Å². The minimum atomic E-state index is -0.691. The predicted octanol–water partition coefficient (Wildman–Crippen LogP) is 4.72. The molecule has 5 heteroatoms. The zero-order chi connectivity index (χ0) is 20.6. The SMILES string of the molecule is CCC(Oc1ccc(OC)cc1)C(=O)Nc1ccccc1C(=O)c1ccccc1. The fourth-order valence-corrected chi connectivity index (χ4v) is 2.89. The molecule has 3 aromatic rings. The van der Waals surface area contributed by atoms with E-state index in [1.807, 2.05) is 25.1 Å². The lowest BCUT2D eigenvalue weighted by Gasteiger charge is -2.18. The maximum Gasteiger partial charge on any atom is 0.265 e. The Morgan fingerprint density at radius 1 is 0.862 bits per heavy atom. The summed E-state index contributed by atoms with van der Waals surface area (Å²) in [7, 11) is 1.59. The molecular formula is C24H23NO4. The number of hydrogen-bond acceptors (Lipinski definition) is 4. The molecule has 1 N–H and O–H groups in total. The Kier molecular flexibility index (Phi) is 6.63. The average molecular weight is 389 g/mol. The molecule has 0 radical (unpaired) electrons. The van der Waals surface area contributed by atoms with Gasteiger partial charge in [-0.25, -0.2) is 0 Å². The number of para-hydroxylation sites is 1. The van der Waals surface area contributed by atoms with Gasteiger partial charge in [0, 0.05) is 11.1 Å². The molecule has 29 heavy (non-hydrogen) atoms. The highest BCUT2D eigenvalue weighted by molar-refractivity contribution is 6.14. The van der Waals surface area contributed by atoms with Gasteiger partial charge >= 0.3 is 0 Å². The van der Waals surface area contributed by atoms with Gasteiger partial charge in [0.05, 0.1) is 12.8 Å². The Bertz CT molecular complexity index is 968. The number of methoxy groups -OCH3 is 1. The Morgan fingerprint density at radius 2 is 1.48 bits per heavy atom. The number of rotatable bonds is 8. The van der Waals surface area contributed by atoms with E-state index in [9.17, 15) is 9.59 Å². The highest BCUT2D eigenvalue weighted by Crippen LogP contribution is 2.22. The number of ketones is 1. The van der Waals surface area contributed by atoms with E-state index in [2.05, 4.69) is 5.32 Å². The summed E-state index contributed by atoms with van der Waals surface area (Å²) in [6, 6.07) is 23.0. The van der Waals surface area contributed by atoms with Crippen LogP contribution in [0.3, 0.4) is 0 Å². The number of carbonyl (C=O) groups is 2. The van der Waals surface area contributed by atoms with E-state index >= 15 is 0 Å². The molecule has 3 aromatic carbocycles. The van der Waals surface area contributed by atoms with Crippen molar-refractivity contribution in [1.29, 1.82) is 0 Å². The first-order valence-corrected chi connectivity index (χ1v) is 9.42. The van der Waals surface area contributed by atoms with E-state index in [1.54, 1.807) is 67.8 Å². The number of benzene rings is 3. The first kappa shape index (κ1) is 20.1. The van der Waals surface area contributed by atoms with Crippen molar-refractivity contribution in [3.63, 3.8) is 0 Å². The summed E-state index contributed by atoms with van der Waals surface area (Å²) in [5.41, 5.74) is 1.46. The molecule has 0 aromatic heterocycles. The van der Waals surface area contributed by atoms with Crippen LogP contribution in [0.25, 0.3) is 0 Å². The minimum absolute atomic E-state index is 0.148. The summed E-state index contributed by atoms with van der Waals surface area (Å²) >= 11 is 0. The van der Waals surface area contributed by atoms with Crippen LogP contribution in [0.4, 0.5) is 5.69 Å². The second-order valence-electron chi connectivity index (χ2n) is 6.42. The summed E-state index contributed by atoms with van der Waals surface area (Å²) < 4.78 is 11.0. The normalized spacial score (nSPS) is 11.4. The number of carbonyl (C=O) groups excluding carboxylic acids is 2. The van der Waals surface area contributed by atoms with Crippen LogP contribution < -0.4 is 14.8 Å². The minimum Gasteiger partial charge on any atom is -0.497 e. The molecule has 3 rings (SSSR count). The van der Waals surface area contributed by atoms with Crippen LogP contribution >= 0.6 is 0 Å². The molecule has 0 aliphatic rings. The van der Waals surface area contributed by atoms with Gasteiger partial charge in [0.1, 0.15) is 11.5 Å². The Labute approximate surface area is 170 Å². The standard InChI is InChI=1S/C24H23NO4/c1-3-22(29-19-15-13-18(28-2)14-16-19)24(27)25-21-12-8-7-11-20(21)23(26)17-9-5-4-6-10-17/h4-16,22H,3H2,1-2H3,(H,25,27).